The standard InChI is InChI=1S/C24H32N4O2/c1-18-9-11-20(12-10-18)27-14-15-28(23(29)17-27)21(16-19-6-3-2-4-7-19)24(30)26-22-8-5-13-25-22/h5,9-13,19,21H,2-4,6-8,14-17H2,1H3,(H,25,26,30)/t21-/m0/s1. The first-order valence-corrected chi connectivity index (χ1v) is 11.2. The number of carbonyl (C=O) groups is 2. The molecule has 2 aliphatic heterocycles. The van der Waals surface area contributed by atoms with Crippen molar-refractivity contribution in [3.05, 3.63) is 42.1 Å². The molecule has 0 aromatic heterocycles. The van der Waals surface area contributed by atoms with E-state index in [9.17, 15) is 9.59 Å². The van der Waals surface area contributed by atoms with Crippen LogP contribution in [0.1, 0.15) is 50.5 Å². The second-order valence-corrected chi connectivity index (χ2v) is 8.75. The molecule has 0 radical (unpaired) electrons. The van der Waals surface area contributed by atoms with Gasteiger partial charge < -0.3 is 15.1 Å². The second-order valence-electron chi connectivity index (χ2n) is 8.75. The Morgan fingerprint density at radius 1 is 1.17 bits per heavy atom. The van der Waals surface area contributed by atoms with Crippen LogP contribution in [0.4, 0.5) is 5.69 Å². The van der Waals surface area contributed by atoms with Crippen LogP contribution < -0.4 is 10.2 Å². The number of rotatable bonds is 5. The first kappa shape index (κ1) is 20.6. The predicted molar refractivity (Wildman–Crippen MR) is 119 cm³/mol. The normalized spacial score (nSPS) is 21.0. The number of hydrogen-bond acceptors (Lipinski definition) is 4. The van der Waals surface area contributed by atoms with Gasteiger partial charge in [-0.15, -0.1) is 0 Å². The molecule has 1 atom stereocenters. The molecular weight excluding hydrogens is 376 g/mol. The Kier molecular flexibility index (Phi) is 6.50. The Hall–Kier alpha value is -2.63. The van der Waals surface area contributed by atoms with Crippen molar-refractivity contribution in [1.82, 2.24) is 10.2 Å². The summed E-state index contributed by atoms with van der Waals surface area (Å²) in [5, 5.41) is 2.98. The zero-order valence-electron chi connectivity index (χ0n) is 17.8. The summed E-state index contributed by atoms with van der Waals surface area (Å²) in [5.41, 5.74) is 2.27. The molecule has 160 valence electrons. The summed E-state index contributed by atoms with van der Waals surface area (Å²) in [5.74, 6) is 1.14. The fourth-order valence-corrected chi connectivity index (χ4v) is 4.77. The molecule has 3 aliphatic rings. The van der Waals surface area contributed by atoms with Gasteiger partial charge in [0.1, 0.15) is 11.9 Å². The SMILES string of the molecule is Cc1ccc(N2CCN([C@@H](CC3CCCCC3)C(=O)NC3=NC=CC3)C(=O)C2)cc1. The highest BCUT2D eigenvalue weighted by Crippen LogP contribution is 2.29. The van der Waals surface area contributed by atoms with Crippen molar-refractivity contribution in [3.8, 4) is 0 Å². The second kappa shape index (κ2) is 9.45. The maximum absolute atomic E-state index is 13.2. The van der Waals surface area contributed by atoms with Gasteiger partial charge >= 0.3 is 0 Å². The molecule has 0 spiro atoms. The van der Waals surface area contributed by atoms with E-state index in [0.717, 1.165) is 31.5 Å². The van der Waals surface area contributed by atoms with E-state index in [1.165, 1.54) is 24.8 Å². The number of amidine groups is 1. The summed E-state index contributed by atoms with van der Waals surface area (Å²) < 4.78 is 0. The van der Waals surface area contributed by atoms with E-state index in [2.05, 4.69) is 46.4 Å². The molecule has 1 saturated heterocycles. The van der Waals surface area contributed by atoms with Crippen LogP contribution in [0.15, 0.2) is 41.5 Å². The molecule has 2 heterocycles. The number of nitrogens with zero attached hydrogens (tertiary/aromatic N) is 3. The molecule has 1 N–H and O–H groups in total. The van der Waals surface area contributed by atoms with Gasteiger partial charge in [-0.3, -0.25) is 9.59 Å². The average Bonchev–Trinajstić information content (AvgIpc) is 3.26. The number of benzene rings is 1. The molecule has 1 saturated carbocycles. The van der Waals surface area contributed by atoms with E-state index in [1.54, 1.807) is 6.20 Å². The maximum atomic E-state index is 13.2. The van der Waals surface area contributed by atoms with Gasteiger partial charge in [0.15, 0.2) is 0 Å². The van der Waals surface area contributed by atoms with Gasteiger partial charge in [0, 0.05) is 31.4 Å². The Labute approximate surface area is 179 Å². The zero-order chi connectivity index (χ0) is 20.9. The quantitative estimate of drug-likeness (QED) is 0.812. The maximum Gasteiger partial charge on any atom is 0.248 e. The predicted octanol–water partition coefficient (Wildman–Crippen LogP) is 3.41. The zero-order valence-corrected chi connectivity index (χ0v) is 17.8. The third kappa shape index (κ3) is 4.91. The number of amides is 2. The summed E-state index contributed by atoms with van der Waals surface area (Å²) in [6.07, 6.45) is 11.1. The van der Waals surface area contributed by atoms with Crippen LogP contribution in [0.25, 0.3) is 0 Å². The number of aryl methyl sites for hydroxylation is 1. The highest BCUT2D eigenvalue weighted by Gasteiger charge is 2.36. The fraction of sp³-hybridized carbons (Fsp3) is 0.542. The topological polar surface area (TPSA) is 65.0 Å². The van der Waals surface area contributed by atoms with Crippen molar-refractivity contribution in [2.45, 2.75) is 57.9 Å². The van der Waals surface area contributed by atoms with Crippen LogP contribution in [0.3, 0.4) is 0 Å². The number of piperazine rings is 1. The van der Waals surface area contributed by atoms with E-state index in [-0.39, 0.29) is 11.8 Å². The largest absolute Gasteiger partial charge is 0.360 e. The summed E-state index contributed by atoms with van der Waals surface area (Å²) in [6.45, 7) is 3.69. The van der Waals surface area contributed by atoms with Crippen LogP contribution in [0.5, 0.6) is 0 Å². The van der Waals surface area contributed by atoms with Crippen LogP contribution in [-0.4, -0.2) is 48.2 Å². The monoisotopic (exact) mass is 408 g/mol. The first-order valence-electron chi connectivity index (χ1n) is 11.2. The highest BCUT2D eigenvalue weighted by atomic mass is 16.2. The molecule has 1 aromatic rings. The minimum Gasteiger partial charge on any atom is -0.360 e. The molecule has 2 fully saturated rings. The molecule has 30 heavy (non-hydrogen) atoms. The summed E-state index contributed by atoms with van der Waals surface area (Å²) in [7, 11) is 0. The lowest BCUT2D eigenvalue weighted by Gasteiger charge is -2.40. The molecule has 1 aromatic carbocycles. The van der Waals surface area contributed by atoms with Gasteiger partial charge in [-0.2, -0.15) is 0 Å². The Morgan fingerprint density at radius 3 is 2.60 bits per heavy atom. The van der Waals surface area contributed by atoms with E-state index in [0.29, 0.717) is 31.3 Å². The minimum absolute atomic E-state index is 0.0317. The lowest BCUT2D eigenvalue weighted by Crippen LogP contribution is -2.59. The number of hydrogen-bond donors (Lipinski definition) is 1. The van der Waals surface area contributed by atoms with Crippen LogP contribution in [0, 0.1) is 12.8 Å². The molecule has 0 unspecified atom stereocenters. The Balaban J connectivity index is 1.45. The lowest BCUT2D eigenvalue weighted by atomic mass is 9.84. The lowest BCUT2D eigenvalue weighted by molar-refractivity contribution is -0.140. The van der Waals surface area contributed by atoms with Crippen molar-refractivity contribution in [1.29, 1.82) is 0 Å². The van der Waals surface area contributed by atoms with Gasteiger partial charge in [-0.25, -0.2) is 4.99 Å². The van der Waals surface area contributed by atoms with E-state index >= 15 is 0 Å². The number of anilines is 1. The number of aliphatic imine (C=N–C) groups is 1. The van der Waals surface area contributed by atoms with Gasteiger partial charge in [0.25, 0.3) is 0 Å². The molecule has 6 nitrogen and oxygen atoms in total. The van der Waals surface area contributed by atoms with Crippen molar-refractivity contribution in [3.63, 3.8) is 0 Å². The third-order valence-electron chi connectivity index (χ3n) is 6.53. The summed E-state index contributed by atoms with van der Waals surface area (Å²) in [6, 6.07) is 7.86. The van der Waals surface area contributed by atoms with Crippen molar-refractivity contribution in [2.75, 3.05) is 24.5 Å². The molecule has 4 rings (SSSR count). The molecule has 0 bridgehead atoms. The Morgan fingerprint density at radius 2 is 1.93 bits per heavy atom. The molecule has 2 amide bonds. The summed E-state index contributed by atoms with van der Waals surface area (Å²) in [4.78, 5) is 34.5. The molecular formula is C24H32N4O2. The average molecular weight is 409 g/mol. The van der Waals surface area contributed by atoms with E-state index < -0.39 is 6.04 Å². The van der Waals surface area contributed by atoms with Crippen molar-refractivity contribution in [2.24, 2.45) is 10.9 Å². The third-order valence-corrected chi connectivity index (χ3v) is 6.53. The van der Waals surface area contributed by atoms with E-state index in [4.69, 9.17) is 0 Å². The Bertz CT molecular complexity index is 824. The van der Waals surface area contributed by atoms with Crippen molar-refractivity contribution < 1.29 is 9.59 Å². The molecule has 1 aliphatic carbocycles. The first-order chi connectivity index (χ1) is 14.6. The highest BCUT2D eigenvalue weighted by molar-refractivity contribution is 6.03. The fourth-order valence-electron chi connectivity index (χ4n) is 4.77. The van der Waals surface area contributed by atoms with Crippen LogP contribution >= 0.6 is 0 Å². The van der Waals surface area contributed by atoms with Gasteiger partial charge in [0.2, 0.25) is 11.8 Å². The molecule has 6 heteroatoms. The van der Waals surface area contributed by atoms with Gasteiger partial charge in [-0.1, -0.05) is 55.9 Å². The van der Waals surface area contributed by atoms with Crippen LogP contribution in [0.2, 0.25) is 0 Å². The van der Waals surface area contributed by atoms with E-state index in [1.807, 2.05) is 11.0 Å². The van der Waals surface area contributed by atoms with Gasteiger partial charge in [0.05, 0.1) is 6.54 Å². The minimum atomic E-state index is -0.413. The van der Waals surface area contributed by atoms with Crippen LogP contribution in [-0.2, 0) is 9.59 Å². The van der Waals surface area contributed by atoms with Gasteiger partial charge in [-0.05, 0) is 31.4 Å². The summed E-state index contributed by atoms with van der Waals surface area (Å²) >= 11 is 0. The smallest absolute Gasteiger partial charge is 0.248 e. The van der Waals surface area contributed by atoms with Crippen molar-refractivity contribution >= 4 is 23.3 Å². The number of carbonyl (C=O) groups excluding carboxylic acids is 2. The number of nitrogens with one attached hydrogen (secondary N) is 1.